The lowest BCUT2D eigenvalue weighted by atomic mass is 9.84. The van der Waals surface area contributed by atoms with Crippen LogP contribution in [0, 0.1) is 18.7 Å². The van der Waals surface area contributed by atoms with Crippen LogP contribution in [0.2, 0.25) is 0 Å². The lowest BCUT2D eigenvalue weighted by Crippen LogP contribution is -2.45. The van der Waals surface area contributed by atoms with Crippen LogP contribution >= 0.6 is 0 Å². The van der Waals surface area contributed by atoms with Crippen molar-refractivity contribution in [1.82, 2.24) is 0 Å². The molecule has 2 bridgehead atoms. The van der Waals surface area contributed by atoms with Crippen molar-refractivity contribution in [3.63, 3.8) is 0 Å². The molecule has 2 aliphatic heterocycles. The summed E-state index contributed by atoms with van der Waals surface area (Å²) in [5.41, 5.74) is 0.870. The number of carbonyl (C=O) groups excluding carboxylic acids is 1. The summed E-state index contributed by atoms with van der Waals surface area (Å²) in [5.74, 6) is -1.10. The number of halogens is 1. The van der Waals surface area contributed by atoms with Crippen LogP contribution in [0.3, 0.4) is 0 Å². The van der Waals surface area contributed by atoms with E-state index in [1.165, 1.54) is 12.1 Å². The van der Waals surface area contributed by atoms with Gasteiger partial charge in [-0.25, -0.2) is 12.8 Å². The van der Waals surface area contributed by atoms with Gasteiger partial charge in [0.2, 0.25) is 0 Å². The second-order valence-corrected chi connectivity index (χ2v) is 8.79. The molecule has 3 rings (SSSR count). The van der Waals surface area contributed by atoms with Crippen LogP contribution in [0.15, 0.2) is 18.2 Å². The first kappa shape index (κ1) is 14.7. The molecular weight excluding hydrogens is 291 g/mol. The van der Waals surface area contributed by atoms with Crippen LogP contribution in [-0.2, 0) is 9.84 Å². The molecule has 1 aromatic carbocycles. The maximum Gasteiger partial charge on any atom is 0.168 e. The SMILES string of the molecule is Cc1ccc(C(=O)C2CC3CCCC(C2)S3(=O)=O)c(F)c1. The van der Waals surface area contributed by atoms with E-state index >= 15 is 0 Å². The highest BCUT2D eigenvalue weighted by molar-refractivity contribution is 7.92. The Labute approximate surface area is 124 Å². The number of Topliss-reactive ketones (excluding diaryl/α,β-unsaturated/α-hetero) is 1. The van der Waals surface area contributed by atoms with Crippen molar-refractivity contribution in [2.24, 2.45) is 5.92 Å². The van der Waals surface area contributed by atoms with Crippen molar-refractivity contribution in [3.8, 4) is 0 Å². The monoisotopic (exact) mass is 310 g/mol. The van der Waals surface area contributed by atoms with Crippen molar-refractivity contribution in [2.75, 3.05) is 0 Å². The third kappa shape index (κ3) is 2.52. The first-order chi connectivity index (χ1) is 9.89. The van der Waals surface area contributed by atoms with Crippen molar-refractivity contribution in [2.45, 2.75) is 49.5 Å². The van der Waals surface area contributed by atoms with Gasteiger partial charge in [0.05, 0.1) is 16.1 Å². The van der Waals surface area contributed by atoms with E-state index in [9.17, 15) is 17.6 Å². The van der Waals surface area contributed by atoms with E-state index in [1.54, 1.807) is 13.0 Å². The third-order valence-electron chi connectivity index (χ3n) is 4.84. The molecule has 2 heterocycles. The Bertz CT molecular complexity index is 661. The number of hydrogen-bond acceptors (Lipinski definition) is 3. The maximum atomic E-state index is 14.0. The number of ketones is 1. The molecular formula is C16H19FO3S. The highest BCUT2D eigenvalue weighted by atomic mass is 32.2. The number of aryl methyl sites for hydroxylation is 1. The van der Waals surface area contributed by atoms with Crippen LogP contribution in [0.4, 0.5) is 4.39 Å². The molecule has 2 fully saturated rings. The number of fused-ring (bicyclic) bond motifs is 2. The van der Waals surface area contributed by atoms with E-state index < -0.39 is 26.2 Å². The number of benzene rings is 1. The summed E-state index contributed by atoms with van der Waals surface area (Å²) in [4.78, 5) is 12.5. The number of sulfone groups is 1. The van der Waals surface area contributed by atoms with Crippen LogP contribution in [-0.4, -0.2) is 24.7 Å². The Morgan fingerprint density at radius 3 is 2.38 bits per heavy atom. The number of rotatable bonds is 2. The molecule has 2 unspecified atom stereocenters. The van der Waals surface area contributed by atoms with Gasteiger partial charge in [-0.1, -0.05) is 12.5 Å². The normalized spacial score (nSPS) is 30.9. The number of carbonyl (C=O) groups is 1. The van der Waals surface area contributed by atoms with Crippen molar-refractivity contribution in [1.29, 1.82) is 0 Å². The van der Waals surface area contributed by atoms with Crippen LogP contribution in [0.5, 0.6) is 0 Å². The molecule has 114 valence electrons. The Balaban J connectivity index is 1.87. The van der Waals surface area contributed by atoms with Gasteiger partial charge >= 0.3 is 0 Å². The van der Waals surface area contributed by atoms with Gasteiger partial charge in [0.25, 0.3) is 0 Å². The first-order valence-electron chi connectivity index (χ1n) is 7.42. The van der Waals surface area contributed by atoms with Gasteiger partial charge in [-0.05, 0) is 50.3 Å². The predicted octanol–water partition coefficient (Wildman–Crippen LogP) is 3.06. The van der Waals surface area contributed by atoms with Crippen LogP contribution < -0.4 is 0 Å². The van der Waals surface area contributed by atoms with Crippen molar-refractivity contribution < 1.29 is 17.6 Å². The van der Waals surface area contributed by atoms with E-state index in [-0.39, 0.29) is 17.3 Å². The molecule has 5 heteroatoms. The topological polar surface area (TPSA) is 51.2 Å². The molecule has 0 radical (unpaired) electrons. The predicted molar refractivity (Wildman–Crippen MR) is 78.5 cm³/mol. The minimum atomic E-state index is -3.08. The van der Waals surface area contributed by atoms with Gasteiger partial charge in [-0.2, -0.15) is 0 Å². The lowest BCUT2D eigenvalue weighted by molar-refractivity contribution is 0.0890. The van der Waals surface area contributed by atoms with Gasteiger partial charge < -0.3 is 0 Å². The van der Waals surface area contributed by atoms with Gasteiger partial charge in [-0.3, -0.25) is 4.79 Å². The summed E-state index contributed by atoms with van der Waals surface area (Å²) in [6.07, 6.45) is 2.89. The Morgan fingerprint density at radius 1 is 1.19 bits per heavy atom. The van der Waals surface area contributed by atoms with E-state index in [4.69, 9.17) is 0 Å². The van der Waals surface area contributed by atoms with Gasteiger partial charge in [0.15, 0.2) is 15.6 Å². The molecule has 2 aliphatic rings. The molecule has 0 amide bonds. The van der Waals surface area contributed by atoms with Gasteiger partial charge in [0.1, 0.15) is 5.82 Å². The zero-order valence-corrected chi connectivity index (χ0v) is 12.8. The minimum absolute atomic E-state index is 0.1000. The summed E-state index contributed by atoms with van der Waals surface area (Å²) in [6.45, 7) is 1.77. The zero-order chi connectivity index (χ0) is 15.2. The minimum Gasteiger partial charge on any atom is -0.294 e. The molecule has 1 aromatic rings. The number of hydrogen-bond donors (Lipinski definition) is 0. The van der Waals surface area contributed by atoms with Crippen molar-refractivity contribution in [3.05, 3.63) is 35.1 Å². The summed E-state index contributed by atoms with van der Waals surface area (Å²) >= 11 is 0. The van der Waals surface area contributed by atoms with Crippen molar-refractivity contribution >= 4 is 15.6 Å². The second kappa shape index (κ2) is 5.20. The second-order valence-electron chi connectivity index (χ2n) is 6.28. The summed E-state index contributed by atoms with van der Waals surface area (Å²) in [5, 5.41) is -0.820. The fourth-order valence-corrected chi connectivity index (χ4v) is 6.20. The molecule has 0 saturated carbocycles. The fourth-order valence-electron chi connectivity index (χ4n) is 3.66. The van der Waals surface area contributed by atoms with E-state index in [1.807, 2.05) is 0 Å². The summed E-state index contributed by atoms with van der Waals surface area (Å²) < 4.78 is 38.4. The standard InChI is InChI=1S/C16H19FO3S/c1-10-5-6-14(15(17)7-10)16(18)11-8-12-3-2-4-13(9-11)21(12,19)20/h5-7,11-13H,2-4,8-9H2,1H3. The highest BCUT2D eigenvalue weighted by Crippen LogP contribution is 2.40. The quantitative estimate of drug-likeness (QED) is 0.789. The van der Waals surface area contributed by atoms with E-state index in [2.05, 4.69) is 0 Å². The smallest absolute Gasteiger partial charge is 0.168 e. The van der Waals surface area contributed by atoms with Crippen LogP contribution in [0.25, 0.3) is 0 Å². The zero-order valence-electron chi connectivity index (χ0n) is 12.0. The Hall–Kier alpha value is -1.23. The highest BCUT2D eigenvalue weighted by Gasteiger charge is 2.46. The molecule has 0 spiro atoms. The Morgan fingerprint density at radius 2 is 1.81 bits per heavy atom. The lowest BCUT2D eigenvalue weighted by Gasteiger charge is -2.38. The molecule has 21 heavy (non-hydrogen) atoms. The summed E-state index contributed by atoms with van der Waals surface area (Å²) in [7, 11) is -3.08. The maximum absolute atomic E-state index is 14.0. The molecule has 3 nitrogen and oxygen atoms in total. The average molecular weight is 310 g/mol. The molecule has 2 atom stereocenters. The third-order valence-corrected chi connectivity index (χ3v) is 7.55. The van der Waals surface area contributed by atoms with Gasteiger partial charge in [0, 0.05) is 5.92 Å². The summed E-state index contributed by atoms with van der Waals surface area (Å²) in [6, 6.07) is 4.59. The molecule has 0 aliphatic carbocycles. The molecule has 2 saturated heterocycles. The fraction of sp³-hybridized carbons (Fsp3) is 0.562. The van der Waals surface area contributed by atoms with E-state index in [0.717, 1.165) is 12.0 Å². The molecule has 0 N–H and O–H groups in total. The Kier molecular flexibility index (Phi) is 3.64. The van der Waals surface area contributed by atoms with Gasteiger partial charge in [-0.15, -0.1) is 0 Å². The van der Waals surface area contributed by atoms with E-state index in [0.29, 0.717) is 25.7 Å². The largest absolute Gasteiger partial charge is 0.294 e. The van der Waals surface area contributed by atoms with Crippen LogP contribution in [0.1, 0.15) is 48.0 Å². The average Bonchev–Trinajstić information content (AvgIpc) is 2.36. The first-order valence-corrected chi connectivity index (χ1v) is 9.03. The molecule has 0 aromatic heterocycles.